The zero-order chi connectivity index (χ0) is 11.6. The summed E-state index contributed by atoms with van der Waals surface area (Å²) in [5.41, 5.74) is 0.107. The first-order valence-electron chi connectivity index (χ1n) is 4.79. The zero-order valence-corrected chi connectivity index (χ0v) is 9.50. The van der Waals surface area contributed by atoms with Crippen LogP contribution in [0.25, 0.3) is 0 Å². The molecule has 1 N–H and O–H groups in total. The van der Waals surface area contributed by atoms with Gasteiger partial charge in [0.05, 0.1) is 5.69 Å². The van der Waals surface area contributed by atoms with Crippen LogP contribution in [-0.2, 0) is 11.8 Å². The Hall–Kier alpha value is -1.58. The van der Waals surface area contributed by atoms with Gasteiger partial charge < -0.3 is 9.88 Å². The van der Waals surface area contributed by atoms with Crippen molar-refractivity contribution in [1.29, 1.82) is 0 Å². The van der Waals surface area contributed by atoms with Crippen LogP contribution in [0.4, 0.5) is 5.69 Å². The minimum Gasteiger partial charge on any atom is -0.324 e. The van der Waals surface area contributed by atoms with Crippen LogP contribution in [-0.4, -0.2) is 10.5 Å². The number of aryl methyl sites for hydroxylation is 1. The Bertz CT molecular complexity index is 427. The molecule has 0 aliphatic carbocycles. The molecule has 0 fully saturated rings. The maximum absolute atomic E-state index is 11.6. The lowest BCUT2D eigenvalue weighted by atomic mass is 9.96. The van der Waals surface area contributed by atoms with Crippen molar-refractivity contribution >= 4 is 11.6 Å². The fourth-order valence-electron chi connectivity index (χ4n) is 0.986. The third kappa shape index (κ3) is 2.94. The van der Waals surface area contributed by atoms with E-state index in [4.69, 9.17) is 0 Å². The molecule has 0 aromatic carbocycles. The van der Waals surface area contributed by atoms with Gasteiger partial charge in [-0.3, -0.25) is 9.59 Å². The van der Waals surface area contributed by atoms with Crippen molar-refractivity contribution in [1.82, 2.24) is 4.57 Å². The quantitative estimate of drug-likeness (QED) is 0.757. The molecule has 1 aromatic heterocycles. The monoisotopic (exact) mass is 208 g/mol. The third-order valence-electron chi connectivity index (χ3n) is 2.02. The molecule has 1 amide bonds. The zero-order valence-electron chi connectivity index (χ0n) is 9.50. The Balaban J connectivity index is 2.87. The van der Waals surface area contributed by atoms with Crippen LogP contribution in [0.3, 0.4) is 0 Å². The minimum atomic E-state index is -0.436. The van der Waals surface area contributed by atoms with E-state index in [1.54, 1.807) is 19.3 Å². The number of anilines is 1. The van der Waals surface area contributed by atoms with Gasteiger partial charge in [0.2, 0.25) is 11.5 Å². The molecule has 0 saturated heterocycles. The number of hydrogen-bond acceptors (Lipinski definition) is 2. The normalized spacial score (nSPS) is 11.2. The van der Waals surface area contributed by atoms with E-state index in [0.29, 0.717) is 5.69 Å². The number of carbonyl (C=O) groups excluding carboxylic acids is 1. The highest BCUT2D eigenvalue weighted by atomic mass is 16.2. The highest BCUT2D eigenvalue weighted by molar-refractivity contribution is 5.94. The van der Waals surface area contributed by atoms with E-state index in [2.05, 4.69) is 5.32 Å². The molecule has 1 aromatic rings. The van der Waals surface area contributed by atoms with Gasteiger partial charge >= 0.3 is 0 Å². The van der Waals surface area contributed by atoms with Gasteiger partial charge in [0, 0.05) is 24.7 Å². The van der Waals surface area contributed by atoms with Crippen LogP contribution in [0.5, 0.6) is 0 Å². The second-order valence-electron chi connectivity index (χ2n) is 4.57. The number of nitrogens with zero attached hydrogens (tertiary/aromatic N) is 1. The molecule has 0 spiro atoms. The van der Waals surface area contributed by atoms with Crippen LogP contribution in [0.2, 0.25) is 0 Å². The van der Waals surface area contributed by atoms with Gasteiger partial charge in [-0.05, 0) is 6.07 Å². The molecule has 1 heterocycles. The first kappa shape index (κ1) is 11.5. The third-order valence-corrected chi connectivity index (χ3v) is 2.02. The lowest BCUT2D eigenvalue weighted by Crippen LogP contribution is -2.28. The smallest absolute Gasteiger partial charge is 0.250 e. The second kappa shape index (κ2) is 3.88. The maximum Gasteiger partial charge on any atom is 0.250 e. The van der Waals surface area contributed by atoms with E-state index in [-0.39, 0.29) is 11.5 Å². The summed E-state index contributed by atoms with van der Waals surface area (Å²) in [4.78, 5) is 22.7. The van der Waals surface area contributed by atoms with E-state index in [1.807, 2.05) is 20.8 Å². The summed E-state index contributed by atoms with van der Waals surface area (Å²) < 4.78 is 1.43. The lowest BCUT2D eigenvalue weighted by Gasteiger charge is -2.17. The SMILES string of the molecule is Cn1cc(NC(=O)C(C)(C)C)ccc1=O. The summed E-state index contributed by atoms with van der Waals surface area (Å²) in [5, 5.41) is 2.75. The van der Waals surface area contributed by atoms with Crippen molar-refractivity contribution < 1.29 is 4.79 Å². The van der Waals surface area contributed by atoms with E-state index in [0.717, 1.165) is 0 Å². The van der Waals surface area contributed by atoms with Crippen LogP contribution in [0.15, 0.2) is 23.1 Å². The molecular weight excluding hydrogens is 192 g/mol. The van der Waals surface area contributed by atoms with Gasteiger partial charge in [-0.15, -0.1) is 0 Å². The molecule has 0 radical (unpaired) electrons. The first-order chi connectivity index (χ1) is 6.80. The summed E-state index contributed by atoms with van der Waals surface area (Å²) >= 11 is 0. The molecule has 0 saturated carbocycles. The standard InChI is InChI=1S/C11H16N2O2/c1-11(2,3)10(15)12-8-5-6-9(14)13(4)7-8/h5-7H,1-4H3,(H,12,15). The van der Waals surface area contributed by atoms with Crippen molar-refractivity contribution in [2.45, 2.75) is 20.8 Å². The van der Waals surface area contributed by atoms with Crippen LogP contribution in [0, 0.1) is 5.41 Å². The van der Waals surface area contributed by atoms with Gasteiger partial charge in [0.25, 0.3) is 0 Å². The molecule has 15 heavy (non-hydrogen) atoms. The average molecular weight is 208 g/mol. The number of carbonyl (C=O) groups is 1. The van der Waals surface area contributed by atoms with Crippen molar-refractivity contribution in [2.24, 2.45) is 12.5 Å². The number of aromatic nitrogens is 1. The predicted octanol–water partition coefficient (Wildman–Crippen LogP) is 1.37. The summed E-state index contributed by atoms with van der Waals surface area (Å²) in [5.74, 6) is -0.0684. The molecule has 0 atom stereocenters. The van der Waals surface area contributed by atoms with Crippen molar-refractivity contribution in [3.05, 3.63) is 28.7 Å². The van der Waals surface area contributed by atoms with Gasteiger partial charge in [0.1, 0.15) is 0 Å². The fraction of sp³-hybridized carbons (Fsp3) is 0.455. The molecule has 82 valence electrons. The van der Waals surface area contributed by atoms with E-state index in [9.17, 15) is 9.59 Å². The molecule has 0 aliphatic heterocycles. The average Bonchev–Trinajstić information content (AvgIpc) is 2.10. The Kier molecular flexibility index (Phi) is 2.98. The minimum absolute atomic E-state index is 0.0684. The highest BCUT2D eigenvalue weighted by Crippen LogP contribution is 2.16. The van der Waals surface area contributed by atoms with E-state index >= 15 is 0 Å². The summed E-state index contributed by atoms with van der Waals surface area (Å²) in [6.45, 7) is 5.51. The van der Waals surface area contributed by atoms with Crippen LogP contribution in [0.1, 0.15) is 20.8 Å². The van der Waals surface area contributed by atoms with Gasteiger partial charge in [-0.1, -0.05) is 20.8 Å². The molecule has 0 bridgehead atoms. The van der Waals surface area contributed by atoms with Gasteiger partial charge in [0.15, 0.2) is 0 Å². The maximum atomic E-state index is 11.6. The fourth-order valence-corrected chi connectivity index (χ4v) is 0.986. The molecular formula is C11H16N2O2. The van der Waals surface area contributed by atoms with Crippen LogP contribution < -0.4 is 10.9 Å². The Morgan fingerprint density at radius 2 is 1.93 bits per heavy atom. The Morgan fingerprint density at radius 1 is 1.33 bits per heavy atom. The molecule has 0 aliphatic rings. The Labute approximate surface area is 88.9 Å². The number of amides is 1. The van der Waals surface area contributed by atoms with E-state index < -0.39 is 5.41 Å². The number of pyridine rings is 1. The largest absolute Gasteiger partial charge is 0.324 e. The summed E-state index contributed by atoms with van der Waals surface area (Å²) in [6.07, 6.45) is 1.60. The topological polar surface area (TPSA) is 51.1 Å². The molecule has 4 nitrogen and oxygen atoms in total. The second-order valence-corrected chi connectivity index (χ2v) is 4.57. The van der Waals surface area contributed by atoms with Crippen molar-refractivity contribution in [3.63, 3.8) is 0 Å². The number of rotatable bonds is 1. The first-order valence-corrected chi connectivity index (χ1v) is 4.79. The Morgan fingerprint density at radius 3 is 2.40 bits per heavy atom. The number of hydrogen-bond donors (Lipinski definition) is 1. The molecule has 1 rings (SSSR count). The van der Waals surface area contributed by atoms with Crippen molar-refractivity contribution in [3.8, 4) is 0 Å². The number of nitrogens with one attached hydrogen (secondary N) is 1. The summed E-state index contributed by atoms with van der Waals surface area (Å²) in [6, 6.07) is 3.03. The lowest BCUT2D eigenvalue weighted by molar-refractivity contribution is -0.123. The van der Waals surface area contributed by atoms with Crippen LogP contribution >= 0.6 is 0 Å². The van der Waals surface area contributed by atoms with E-state index in [1.165, 1.54) is 10.6 Å². The molecule has 4 heteroatoms. The van der Waals surface area contributed by atoms with Gasteiger partial charge in [-0.2, -0.15) is 0 Å². The van der Waals surface area contributed by atoms with Crippen molar-refractivity contribution in [2.75, 3.05) is 5.32 Å². The molecule has 0 unspecified atom stereocenters. The predicted molar refractivity (Wildman–Crippen MR) is 59.8 cm³/mol. The van der Waals surface area contributed by atoms with Gasteiger partial charge in [-0.25, -0.2) is 0 Å². The summed E-state index contributed by atoms with van der Waals surface area (Å²) in [7, 11) is 1.65. The highest BCUT2D eigenvalue weighted by Gasteiger charge is 2.21.